The fraction of sp³-hybridized carbons (Fsp3) is 0.571. The highest BCUT2D eigenvalue weighted by Crippen LogP contribution is 2.33. The molecular formula is C14H22N4OS2. The van der Waals surface area contributed by atoms with Crippen LogP contribution in [0.5, 0.6) is 0 Å². The van der Waals surface area contributed by atoms with Gasteiger partial charge in [-0.05, 0) is 18.4 Å². The van der Waals surface area contributed by atoms with Crippen LogP contribution in [0.15, 0.2) is 6.07 Å². The van der Waals surface area contributed by atoms with Gasteiger partial charge < -0.3 is 16.0 Å². The molecule has 2 rings (SSSR count). The minimum Gasteiger partial charge on any atom is -0.354 e. The number of thiazole rings is 1. The number of nitrogens with one attached hydrogen (secondary N) is 1. The first-order valence-electron chi connectivity index (χ1n) is 6.99. The summed E-state index contributed by atoms with van der Waals surface area (Å²) < 4.78 is 1.06. The lowest BCUT2D eigenvalue weighted by Crippen LogP contribution is -2.40. The summed E-state index contributed by atoms with van der Waals surface area (Å²) in [6, 6.07) is 1.95. The zero-order chi connectivity index (χ0) is 15.6. The van der Waals surface area contributed by atoms with Crippen LogP contribution in [-0.4, -0.2) is 37.6 Å². The Kier molecular flexibility index (Phi) is 5.18. The van der Waals surface area contributed by atoms with E-state index in [-0.39, 0.29) is 11.9 Å². The molecule has 0 fully saturated rings. The predicted molar refractivity (Wildman–Crippen MR) is 91.6 cm³/mol. The van der Waals surface area contributed by atoms with Crippen molar-refractivity contribution in [1.82, 2.24) is 10.3 Å². The third kappa shape index (κ3) is 3.93. The highest BCUT2D eigenvalue weighted by molar-refractivity contribution is 7.29. The van der Waals surface area contributed by atoms with Crippen LogP contribution in [-0.2, 0) is 0 Å². The summed E-state index contributed by atoms with van der Waals surface area (Å²) >= 11 is 3.03. The Morgan fingerprint density at radius 2 is 2.14 bits per heavy atom. The average Bonchev–Trinajstić information content (AvgIpc) is 2.95. The molecule has 0 aliphatic rings. The summed E-state index contributed by atoms with van der Waals surface area (Å²) in [6.45, 7) is 4.72. The second-order valence-corrected chi connectivity index (χ2v) is 7.75. The first-order valence-corrected chi connectivity index (χ1v) is 8.62. The Labute approximate surface area is 133 Å². The van der Waals surface area contributed by atoms with Gasteiger partial charge in [-0.1, -0.05) is 25.2 Å². The molecule has 0 saturated heterocycles. The number of nitrogens with two attached hydrogens (primary N) is 1. The third-order valence-electron chi connectivity index (χ3n) is 3.06. The first-order chi connectivity index (χ1) is 9.90. The Morgan fingerprint density at radius 1 is 1.43 bits per heavy atom. The van der Waals surface area contributed by atoms with E-state index >= 15 is 0 Å². The van der Waals surface area contributed by atoms with Gasteiger partial charge in [0.2, 0.25) is 0 Å². The SMILES string of the molecule is CC(C)CC(CN)NC(=O)c1cc2sc(N(C)C)nc2s1. The van der Waals surface area contributed by atoms with E-state index in [1.54, 1.807) is 11.3 Å². The van der Waals surface area contributed by atoms with E-state index in [4.69, 9.17) is 5.73 Å². The minimum absolute atomic E-state index is 0.0305. The number of hydrogen-bond acceptors (Lipinski definition) is 6. The molecule has 1 unspecified atom stereocenters. The summed E-state index contributed by atoms with van der Waals surface area (Å²) in [5.41, 5.74) is 5.73. The maximum absolute atomic E-state index is 12.3. The molecule has 0 aromatic carbocycles. The van der Waals surface area contributed by atoms with Gasteiger partial charge in [0.05, 0.1) is 9.58 Å². The van der Waals surface area contributed by atoms with E-state index in [0.29, 0.717) is 17.3 Å². The van der Waals surface area contributed by atoms with E-state index in [1.807, 2.05) is 25.1 Å². The minimum atomic E-state index is -0.0484. The van der Waals surface area contributed by atoms with Gasteiger partial charge in [-0.25, -0.2) is 4.98 Å². The van der Waals surface area contributed by atoms with E-state index in [1.165, 1.54) is 11.3 Å². The first kappa shape index (κ1) is 16.2. The van der Waals surface area contributed by atoms with Gasteiger partial charge in [0, 0.05) is 26.7 Å². The van der Waals surface area contributed by atoms with Crippen molar-refractivity contribution in [3.05, 3.63) is 10.9 Å². The number of aromatic nitrogens is 1. The van der Waals surface area contributed by atoms with Gasteiger partial charge in [0.25, 0.3) is 5.91 Å². The lowest BCUT2D eigenvalue weighted by Gasteiger charge is -2.18. The average molecular weight is 326 g/mol. The van der Waals surface area contributed by atoms with Crippen LogP contribution in [0, 0.1) is 5.92 Å². The monoisotopic (exact) mass is 326 g/mol. The van der Waals surface area contributed by atoms with E-state index < -0.39 is 0 Å². The van der Waals surface area contributed by atoms with Crippen molar-refractivity contribution < 1.29 is 4.79 Å². The Bertz CT molecular complexity index is 586. The number of fused-ring (bicyclic) bond motifs is 1. The van der Waals surface area contributed by atoms with Gasteiger partial charge in [0.15, 0.2) is 5.13 Å². The topological polar surface area (TPSA) is 71.2 Å². The van der Waals surface area contributed by atoms with E-state index in [9.17, 15) is 4.79 Å². The zero-order valence-electron chi connectivity index (χ0n) is 12.8. The number of carbonyl (C=O) groups excluding carboxylic acids is 1. The molecule has 1 atom stereocenters. The number of thiophene rings is 1. The van der Waals surface area contributed by atoms with E-state index in [0.717, 1.165) is 21.1 Å². The molecule has 0 aliphatic heterocycles. The Morgan fingerprint density at radius 3 is 2.67 bits per heavy atom. The maximum Gasteiger partial charge on any atom is 0.261 e. The van der Waals surface area contributed by atoms with Crippen LogP contribution >= 0.6 is 22.7 Å². The van der Waals surface area contributed by atoms with Crippen LogP contribution in [0.1, 0.15) is 29.9 Å². The van der Waals surface area contributed by atoms with Crippen molar-refractivity contribution in [2.45, 2.75) is 26.3 Å². The molecule has 2 aromatic rings. The molecular weight excluding hydrogens is 304 g/mol. The normalized spacial score (nSPS) is 12.9. The molecule has 116 valence electrons. The number of carbonyl (C=O) groups is 1. The molecule has 0 saturated carbocycles. The Balaban J connectivity index is 2.10. The number of nitrogens with zero attached hydrogens (tertiary/aromatic N) is 2. The van der Waals surface area contributed by atoms with Crippen molar-refractivity contribution in [2.75, 3.05) is 25.5 Å². The van der Waals surface area contributed by atoms with Crippen molar-refractivity contribution in [2.24, 2.45) is 11.7 Å². The summed E-state index contributed by atoms with van der Waals surface area (Å²) in [7, 11) is 3.93. The van der Waals surface area contributed by atoms with Crippen molar-refractivity contribution in [3.8, 4) is 0 Å². The van der Waals surface area contributed by atoms with Gasteiger partial charge in [0.1, 0.15) is 4.83 Å². The second kappa shape index (κ2) is 6.72. The van der Waals surface area contributed by atoms with Crippen LogP contribution in [0.3, 0.4) is 0 Å². The molecule has 0 radical (unpaired) electrons. The Hall–Kier alpha value is -1.18. The van der Waals surface area contributed by atoms with Gasteiger partial charge in [-0.2, -0.15) is 0 Å². The third-order valence-corrected chi connectivity index (χ3v) is 5.39. The molecule has 7 heteroatoms. The fourth-order valence-corrected chi connectivity index (χ4v) is 4.10. The standard InChI is InChI=1S/C14H22N4OS2/c1-8(2)5-9(7-15)16-12(19)10-6-11-13(20-10)17-14(21-11)18(3)4/h6,8-9H,5,7,15H2,1-4H3,(H,16,19). The van der Waals surface area contributed by atoms with Gasteiger partial charge in [-0.3, -0.25) is 4.79 Å². The molecule has 3 N–H and O–H groups in total. The summed E-state index contributed by atoms with van der Waals surface area (Å²) in [5, 5.41) is 3.98. The van der Waals surface area contributed by atoms with Crippen molar-refractivity contribution in [1.29, 1.82) is 0 Å². The van der Waals surface area contributed by atoms with Crippen LogP contribution < -0.4 is 16.0 Å². The van der Waals surface area contributed by atoms with Gasteiger partial charge >= 0.3 is 0 Å². The largest absolute Gasteiger partial charge is 0.354 e. The molecule has 0 bridgehead atoms. The van der Waals surface area contributed by atoms with Crippen molar-refractivity contribution >= 4 is 43.2 Å². The smallest absolute Gasteiger partial charge is 0.261 e. The summed E-state index contributed by atoms with van der Waals surface area (Å²) in [5.74, 6) is 0.461. The highest BCUT2D eigenvalue weighted by Gasteiger charge is 2.18. The van der Waals surface area contributed by atoms with Gasteiger partial charge in [-0.15, -0.1) is 11.3 Å². The number of amides is 1. The van der Waals surface area contributed by atoms with Crippen LogP contribution in [0.2, 0.25) is 0 Å². The maximum atomic E-state index is 12.3. The van der Waals surface area contributed by atoms with Crippen molar-refractivity contribution in [3.63, 3.8) is 0 Å². The lowest BCUT2D eigenvalue weighted by atomic mass is 10.0. The molecule has 0 aliphatic carbocycles. The zero-order valence-corrected chi connectivity index (χ0v) is 14.5. The number of hydrogen-bond donors (Lipinski definition) is 2. The molecule has 0 spiro atoms. The molecule has 21 heavy (non-hydrogen) atoms. The van der Waals surface area contributed by atoms with E-state index in [2.05, 4.69) is 24.1 Å². The number of rotatable bonds is 6. The lowest BCUT2D eigenvalue weighted by molar-refractivity contribution is 0.0938. The fourth-order valence-electron chi connectivity index (χ4n) is 2.07. The highest BCUT2D eigenvalue weighted by atomic mass is 32.1. The molecule has 2 heterocycles. The molecule has 5 nitrogen and oxygen atoms in total. The van der Waals surface area contributed by atoms with Crippen LogP contribution in [0.4, 0.5) is 5.13 Å². The number of anilines is 1. The molecule has 2 aromatic heterocycles. The summed E-state index contributed by atoms with van der Waals surface area (Å²) in [4.78, 5) is 20.4. The quantitative estimate of drug-likeness (QED) is 0.856. The predicted octanol–water partition coefficient (Wildman–Crippen LogP) is 2.53. The molecule has 1 amide bonds. The second-order valence-electron chi connectivity index (χ2n) is 5.71. The summed E-state index contributed by atoms with van der Waals surface area (Å²) in [6.07, 6.45) is 0.894. The van der Waals surface area contributed by atoms with Crippen LogP contribution in [0.25, 0.3) is 9.53 Å².